The Hall–Kier alpha value is -3.52. The Kier molecular flexibility index (Phi) is 4.55. The molecule has 152 valence electrons. The van der Waals surface area contributed by atoms with Crippen molar-refractivity contribution in [1.29, 1.82) is 0 Å². The van der Waals surface area contributed by atoms with E-state index in [-0.39, 0.29) is 18.7 Å². The van der Waals surface area contributed by atoms with E-state index < -0.39 is 0 Å². The van der Waals surface area contributed by atoms with Crippen LogP contribution in [0.3, 0.4) is 0 Å². The average molecular weight is 401 g/mol. The van der Waals surface area contributed by atoms with Crippen LogP contribution in [0.4, 0.5) is 0 Å². The summed E-state index contributed by atoms with van der Waals surface area (Å²) in [6.45, 7) is 2.87. The number of hydrogen-bond acceptors (Lipinski definition) is 6. The highest BCUT2D eigenvalue weighted by molar-refractivity contribution is 5.85. The number of fused-ring (bicyclic) bond motifs is 1. The molecule has 1 aromatic carbocycles. The van der Waals surface area contributed by atoms with Crippen molar-refractivity contribution in [2.45, 2.75) is 25.6 Å². The highest BCUT2D eigenvalue weighted by Gasteiger charge is 2.27. The van der Waals surface area contributed by atoms with Crippen molar-refractivity contribution in [3.05, 3.63) is 71.8 Å². The lowest BCUT2D eigenvalue weighted by Gasteiger charge is -2.22. The van der Waals surface area contributed by atoms with Crippen LogP contribution in [0.5, 0.6) is 0 Å². The van der Waals surface area contributed by atoms with Crippen molar-refractivity contribution >= 4 is 11.0 Å². The lowest BCUT2D eigenvalue weighted by molar-refractivity contribution is 0.237. The molecule has 0 spiro atoms. The van der Waals surface area contributed by atoms with Crippen LogP contribution in [0.15, 0.2) is 65.5 Å². The average Bonchev–Trinajstić information content (AvgIpc) is 3.52. The van der Waals surface area contributed by atoms with Crippen molar-refractivity contribution in [3.63, 3.8) is 0 Å². The number of aryl methyl sites for hydroxylation is 1. The van der Waals surface area contributed by atoms with Gasteiger partial charge in [0.15, 0.2) is 0 Å². The Morgan fingerprint density at radius 3 is 2.77 bits per heavy atom. The van der Waals surface area contributed by atoms with E-state index in [1.54, 1.807) is 4.68 Å². The predicted molar refractivity (Wildman–Crippen MR) is 113 cm³/mol. The summed E-state index contributed by atoms with van der Waals surface area (Å²) in [6.07, 6.45) is 7.67. The summed E-state index contributed by atoms with van der Waals surface area (Å²) in [6, 6.07) is 10.2. The van der Waals surface area contributed by atoms with Gasteiger partial charge in [0.05, 0.1) is 25.4 Å². The number of nitrogens with zero attached hydrogens (tertiary/aromatic N) is 6. The number of rotatable bonds is 5. The van der Waals surface area contributed by atoms with E-state index in [1.165, 1.54) is 0 Å². The first-order valence-corrected chi connectivity index (χ1v) is 9.95. The first-order chi connectivity index (χ1) is 14.6. The summed E-state index contributed by atoms with van der Waals surface area (Å²) in [4.78, 5) is 7.84. The lowest BCUT2D eigenvalue weighted by atomic mass is 10.0. The number of benzene rings is 1. The molecule has 3 aromatic heterocycles. The molecule has 0 radical (unpaired) electrons. The third kappa shape index (κ3) is 3.25. The van der Waals surface area contributed by atoms with E-state index in [4.69, 9.17) is 0 Å². The highest BCUT2D eigenvalue weighted by atomic mass is 16.3. The van der Waals surface area contributed by atoms with Crippen molar-refractivity contribution in [2.24, 2.45) is 17.4 Å². The van der Waals surface area contributed by atoms with E-state index in [2.05, 4.69) is 38.4 Å². The number of hydrogen-bond donors (Lipinski definition) is 2. The van der Waals surface area contributed by atoms with Crippen LogP contribution in [0, 0.1) is 0 Å². The minimum Gasteiger partial charge on any atom is -0.392 e. The van der Waals surface area contributed by atoms with Crippen LogP contribution in [0.25, 0.3) is 22.2 Å². The fraction of sp³-hybridized carbons (Fsp3) is 0.273. The summed E-state index contributed by atoms with van der Waals surface area (Å²) in [7, 11) is 1.91. The number of aliphatic hydroxyl groups excluding tert-OH is 1. The fourth-order valence-electron chi connectivity index (χ4n) is 3.88. The van der Waals surface area contributed by atoms with Gasteiger partial charge in [-0.05, 0) is 24.1 Å². The molecule has 0 bridgehead atoms. The summed E-state index contributed by atoms with van der Waals surface area (Å²) >= 11 is 0. The second-order valence-corrected chi connectivity index (χ2v) is 7.69. The summed E-state index contributed by atoms with van der Waals surface area (Å²) in [5.41, 5.74) is 6.05. The molecule has 2 atom stereocenters. The van der Waals surface area contributed by atoms with Gasteiger partial charge in [-0.3, -0.25) is 9.69 Å². The topological polar surface area (TPSA) is 94.7 Å². The van der Waals surface area contributed by atoms with Gasteiger partial charge in [0.25, 0.3) is 0 Å². The molecule has 4 heterocycles. The van der Waals surface area contributed by atoms with E-state index in [0.717, 1.165) is 38.9 Å². The molecule has 8 heteroatoms. The van der Waals surface area contributed by atoms with Gasteiger partial charge in [-0.25, -0.2) is 4.98 Å². The van der Waals surface area contributed by atoms with E-state index in [1.807, 2.05) is 61.1 Å². The second-order valence-electron chi connectivity index (χ2n) is 7.69. The standard InChI is InChI=1S/C22H23N7O/c1-14(16-5-3-15(13-30)4-6-16)29-12-21(26-27-29)20-10-24-22-19(20)7-17(8-23-22)18-9-25-28(2)11-18/h3-11,14,21,30H,12-13H2,1-2H3,(H,23,24). The second kappa shape index (κ2) is 7.38. The van der Waals surface area contributed by atoms with Gasteiger partial charge in [-0.2, -0.15) is 10.2 Å². The zero-order valence-electron chi connectivity index (χ0n) is 16.9. The van der Waals surface area contributed by atoms with Crippen LogP contribution >= 0.6 is 0 Å². The van der Waals surface area contributed by atoms with Crippen molar-refractivity contribution in [3.8, 4) is 11.1 Å². The summed E-state index contributed by atoms with van der Waals surface area (Å²) < 4.78 is 1.79. The van der Waals surface area contributed by atoms with Gasteiger partial charge >= 0.3 is 0 Å². The van der Waals surface area contributed by atoms with Crippen LogP contribution < -0.4 is 0 Å². The molecule has 1 aliphatic rings. The number of aromatic amines is 1. The van der Waals surface area contributed by atoms with Gasteiger partial charge in [-0.1, -0.05) is 29.5 Å². The lowest BCUT2D eigenvalue weighted by Crippen LogP contribution is -2.21. The Morgan fingerprint density at radius 2 is 2.03 bits per heavy atom. The molecule has 5 rings (SSSR count). The molecular formula is C22H23N7O. The molecule has 4 aromatic rings. The third-order valence-electron chi connectivity index (χ3n) is 5.72. The van der Waals surface area contributed by atoms with E-state index in [0.29, 0.717) is 6.54 Å². The molecule has 0 aliphatic carbocycles. The van der Waals surface area contributed by atoms with Crippen LogP contribution in [0.2, 0.25) is 0 Å². The number of H-pyrrole nitrogens is 1. The minimum atomic E-state index is -0.0520. The van der Waals surface area contributed by atoms with E-state index >= 15 is 0 Å². The number of nitrogens with one attached hydrogen (secondary N) is 1. The molecule has 2 N–H and O–H groups in total. The van der Waals surface area contributed by atoms with Crippen LogP contribution in [0.1, 0.15) is 35.7 Å². The smallest absolute Gasteiger partial charge is 0.137 e. The van der Waals surface area contributed by atoms with Crippen LogP contribution in [-0.2, 0) is 13.7 Å². The fourth-order valence-corrected chi connectivity index (χ4v) is 3.88. The highest BCUT2D eigenvalue weighted by Crippen LogP contribution is 2.35. The summed E-state index contributed by atoms with van der Waals surface area (Å²) in [5.74, 6) is 0. The normalized spacial score (nSPS) is 17.2. The predicted octanol–water partition coefficient (Wildman–Crippen LogP) is 3.94. The van der Waals surface area contributed by atoms with Gasteiger partial charge in [-0.15, -0.1) is 0 Å². The molecule has 8 nitrogen and oxygen atoms in total. The SMILES string of the molecule is CC(c1ccc(CO)cc1)N1CC(c2c[nH]c3ncc(-c4cnn(C)c4)cc23)N=N1. The van der Waals surface area contributed by atoms with Gasteiger partial charge in [0, 0.05) is 47.7 Å². The maximum atomic E-state index is 9.24. The van der Waals surface area contributed by atoms with Crippen molar-refractivity contribution < 1.29 is 5.11 Å². The van der Waals surface area contributed by atoms with Crippen LogP contribution in [-0.4, -0.2) is 36.4 Å². The number of pyridine rings is 1. The molecule has 0 fully saturated rings. The zero-order valence-corrected chi connectivity index (χ0v) is 16.9. The molecule has 30 heavy (non-hydrogen) atoms. The molecule has 2 unspecified atom stereocenters. The Morgan fingerprint density at radius 1 is 1.20 bits per heavy atom. The summed E-state index contributed by atoms with van der Waals surface area (Å²) in [5, 5.41) is 25.6. The third-order valence-corrected chi connectivity index (χ3v) is 5.72. The van der Waals surface area contributed by atoms with E-state index in [9.17, 15) is 5.11 Å². The molecule has 1 aliphatic heterocycles. The zero-order chi connectivity index (χ0) is 20.7. The van der Waals surface area contributed by atoms with Crippen molar-refractivity contribution in [1.82, 2.24) is 24.8 Å². The monoisotopic (exact) mass is 401 g/mol. The molecule has 0 saturated carbocycles. The molecular weight excluding hydrogens is 378 g/mol. The largest absolute Gasteiger partial charge is 0.392 e. The Balaban J connectivity index is 1.39. The van der Waals surface area contributed by atoms with Gasteiger partial charge in [0.2, 0.25) is 0 Å². The minimum absolute atomic E-state index is 0.0514. The molecule has 0 amide bonds. The Bertz CT molecular complexity index is 1210. The quantitative estimate of drug-likeness (QED) is 0.529. The number of aliphatic hydroxyl groups is 1. The van der Waals surface area contributed by atoms with Gasteiger partial charge < -0.3 is 10.1 Å². The Labute approximate surface area is 173 Å². The number of aromatic nitrogens is 4. The first kappa shape index (κ1) is 18.5. The molecule has 0 saturated heterocycles. The maximum Gasteiger partial charge on any atom is 0.137 e. The van der Waals surface area contributed by atoms with Crippen molar-refractivity contribution in [2.75, 3.05) is 6.54 Å². The van der Waals surface area contributed by atoms with Gasteiger partial charge in [0.1, 0.15) is 11.7 Å². The maximum absolute atomic E-state index is 9.24. The first-order valence-electron chi connectivity index (χ1n) is 9.95.